The Labute approximate surface area is 368 Å². The fourth-order valence-electron chi connectivity index (χ4n) is 6.22. The predicted molar refractivity (Wildman–Crippen MR) is 250 cm³/mol. The van der Waals surface area contributed by atoms with E-state index in [-0.39, 0.29) is 26.1 Å². The SMILES string of the molecule is CCCCC/C=C/C/C=C/C/C=C/CCCCCCC(=O)OC[C@H](COP(=O)([O-])OCC[N+](C)(C)C)OC(=O)CCCCCCCCCCC/C=C/C/C=C/CCCCC. The van der Waals surface area contributed by atoms with Crippen molar-refractivity contribution in [3.05, 3.63) is 60.8 Å². The normalized spacial score (nSPS) is 14.0. The third-order valence-corrected chi connectivity index (χ3v) is 11.0. The van der Waals surface area contributed by atoms with Gasteiger partial charge in [-0.3, -0.25) is 14.2 Å². The number of hydrogen-bond acceptors (Lipinski definition) is 8. The highest BCUT2D eigenvalue weighted by Crippen LogP contribution is 2.38. The van der Waals surface area contributed by atoms with Crippen LogP contribution in [0.1, 0.15) is 194 Å². The molecular weight excluding hydrogens is 774 g/mol. The molecule has 10 heteroatoms. The summed E-state index contributed by atoms with van der Waals surface area (Å²) in [5.41, 5.74) is 0. The van der Waals surface area contributed by atoms with Crippen LogP contribution in [0.15, 0.2) is 60.8 Å². The van der Waals surface area contributed by atoms with Gasteiger partial charge in [0.2, 0.25) is 0 Å². The summed E-state index contributed by atoms with van der Waals surface area (Å²) in [7, 11) is 1.14. The molecule has 0 amide bonds. The van der Waals surface area contributed by atoms with E-state index in [9.17, 15) is 19.0 Å². The van der Waals surface area contributed by atoms with Gasteiger partial charge in [0, 0.05) is 12.8 Å². The number of phosphoric acid groups is 1. The van der Waals surface area contributed by atoms with Gasteiger partial charge in [-0.15, -0.1) is 0 Å². The predicted octanol–water partition coefficient (Wildman–Crippen LogP) is 13.4. The summed E-state index contributed by atoms with van der Waals surface area (Å²) >= 11 is 0. The minimum Gasteiger partial charge on any atom is -0.756 e. The molecule has 0 rings (SSSR count). The monoisotopic (exact) mass is 864 g/mol. The van der Waals surface area contributed by atoms with E-state index in [1.807, 2.05) is 21.1 Å². The van der Waals surface area contributed by atoms with Crippen molar-refractivity contribution in [3.63, 3.8) is 0 Å². The van der Waals surface area contributed by atoms with Crippen molar-refractivity contribution in [1.82, 2.24) is 0 Å². The first-order valence-electron chi connectivity index (χ1n) is 24.0. The molecule has 0 aliphatic heterocycles. The largest absolute Gasteiger partial charge is 0.756 e. The Morgan fingerprint density at radius 3 is 1.33 bits per heavy atom. The molecule has 0 bridgehead atoms. The molecule has 2 atom stereocenters. The van der Waals surface area contributed by atoms with E-state index >= 15 is 0 Å². The topological polar surface area (TPSA) is 111 Å². The van der Waals surface area contributed by atoms with Crippen LogP contribution in [0, 0.1) is 0 Å². The van der Waals surface area contributed by atoms with Gasteiger partial charge in [0.25, 0.3) is 7.82 Å². The van der Waals surface area contributed by atoms with E-state index in [1.165, 1.54) is 83.5 Å². The Hall–Kier alpha value is -2.29. The molecule has 0 saturated heterocycles. The van der Waals surface area contributed by atoms with Crippen molar-refractivity contribution >= 4 is 19.8 Å². The summed E-state index contributed by atoms with van der Waals surface area (Å²) in [5, 5.41) is 0. The Kier molecular flexibility index (Phi) is 40.4. The standard InChI is InChI=1S/C50H90NO8P/c1-6-8-10-12-14-16-18-20-22-24-25-27-29-31-33-35-37-39-41-43-50(53)59-48(47-58-60(54,55)57-45-44-51(3,4)5)46-56-49(52)42-40-38-36-34-32-30-28-26-23-21-19-17-15-13-11-9-7-2/h14-17,20-23,28,30,48H,6-13,18-19,24-27,29,31-47H2,1-5H3/b16-14+,17-15+,22-20+,23-21+,30-28+/t48-/m1/s1. The third-order valence-electron chi connectivity index (χ3n) is 10.0. The van der Waals surface area contributed by atoms with Crippen molar-refractivity contribution in [2.45, 2.75) is 200 Å². The summed E-state index contributed by atoms with van der Waals surface area (Å²) in [6, 6.07) is 0. The van der Waals surface area contributed by atoms with Gasteiger partial charge in [0.05, 0.1) is 27.7 Å². The quantitative estimate of drug-likeness (QED) is 0.0196. The second-order valence-electron chi connectivity index (χ2n) is 17.1. The number of rotatable bonds is 43. The fraction of sp³-hybridized carbons (Fsp3) is 0.760. The van der Waals surface area contributed by atoms with Crippen LogP contribution >= 0.6 is 7.82 Å². The molecule has 0 aromatic heterocycles. The van der Waals surface area contributed by atoms with Gasteiger partial charge in [-0.05, 0) is 83.5 Å². The molecule has 1 unspecified atom stereocenters. The lowest BCUT2D eigenvalue weighted by Gasteiger charge is -2.28. The molecule has 0 aliphatic carbocycles. The fourth-order valence-corrected chi connectivity index (χ4v) is 6.95. The molecule has 348 valence electrons. The van der Waals surface area contributed by atoms with Crippen LogP contribution in [-0.4, -0.2) is 70.0 Å². The van der Waals surface area contributed by atoms with Crippen LogP contribution in [-0.2, 0) is 32.7 Å². The van der Waals surface area contributed by atoms with Gasteiger partial charge in [0.1, 0.15) is 19.8 Å². The molecule has 0 saturated carbocycles. The zero-order chi connectivity index (χ0) is 44.3. The van der Waals surface area contributed by atoms with Gasteiger partial charge in [-0.1, -0.05) is 158 Å². The number of allylic oxidation sites excluding steroid dienone is 10. The van der Waals surface area contributed by atoms with Crippen LogP contribution in [0.2, 0.25) is 0 Å². The van der Waals surface area contributed by atoms with Crippen LogP contribution in [0.5, 0.6) is 0 Å². The first-order chi connectivity index (χ1) is 29.0. The highest BCUT2D eigenvalue weighted by Gasteiger charge is 2.21. The third kappa shape index (κ3) is 45.2. The minimum atomic E-state index is -4.64. The van der Waals surface area contributed by atoms with Crippen molar-refractivity contribution in [1.29, 1.82) is 0 Å². The van der Waals surface area contributed by atoms with Crippen molar-refractivity contribution < 1.29 is 42.1 Å². The smallest absolute Gasteiger partial charge is 0.306 e. The molecule has 0 heterocycles. The van der Waals surface area contributed by atoms with Gasteiger partial charge in [-0.25, -0.2) is 0 Å². The number of nitrogens with zero attached hydrogens (tertiary/aromatic N) is 1. The summed E-state index contributed by atoms with van der Waals surface area (Å²) in [6.45, 7) is 4.14. The average molecular weight is 864 g/mol. The maximum absolute atomic E-state index is 12.7. The van der Waals surface area contributed by atoms with E-state index in [2.05, 4.69) is 74.6 Å². The minimum absolute atomic E-state index is 0.0378. The molecule has 0 aliphatic rings. The Bertz CT molecular complexity index is 1210. The maximum atomic E-state index is 12.7. The molecule has 0 fully saturated rings. The Morgan fingerprint density at radius 2 is 0.900 bits per heavy atom. The molecule has 0 N–H and O–H groups in total. The van der Waals surface area contributed by atoms with Crippen molar-refractivity contribution in [2.24, 2.45) is 0 Å². The number of ether oxygens (including phenoxy) is 2. The van der Waals surface area contributed by atoms with Gasteiger partial charge < -0.3 is 27.9 Å². The summed E-state index contributed by atoms with van der Waals surface area (Å²) in [5.74, 6) is -0.866. The molecule has 60 heavy (non-hydrogen) atoms. The van der Waals surface area contributed by atoms with E-state index < -0.39 is 32.5 Å². The maximum Gasteiger partial charge on any atom is 0.306 e. The first kappa shape index (κ1) is 57.7. The lowest BCUT2D eigenvalue weighted by Crippen LogP contribution is -2.37. The second kappa shape index (κ2) is 42.0. The highest BCUT2D eigenvalue weighted by molar-refractivity contribution is 7.45. The van der Waals surface area contributed by atoms with Gasteiger partial charge >= 0.3 is 11.9 Å². The summed E-state index contributed by atoms with van der Waals surface area (Å²) < 4.78 is 34.0. The first-order valence-corrected chi connectivity index (χ1v) is 25.5. The number of carbonyl (C=O) groups excluding carboxylic acids is 2. The summed E-state index contributed by atoms with van der Waals surface area (Å²) in [4.78, 5) is 37.6. The highest BCUT2D eigenvalue weighted by atomic mass is 31.2. The molecule has 0 aromatic carbocycles. The van der Waals surface area contributed by atoms with Crippen LogP contribution in [0.4, 0.5) is 0 Å². The number of phosphoric ester groups is 1. The van der Waals surface area contributed by atoms with E-state index in [0.717, 1.165) is 70.6 Å². The van der Waals surface area contributed by atoms with Crippen LogP contribution < -0.4 is 4.89 Å². The average Bonchev–Trinajstić information content (AvgIpc) is 3.20. The number of hydrogen-bond donors (Lipinski definition) is 0. The molecule has 0 radical (unpaired) electrons. The Morgan fingerprint density at radius 1 is 0.517 bits per heavy atom. The Balaban J connectivity index is 4.36. The van der Waals surface area contributed by atoms with E-state index in [1.54, 1.807) is 0 Å². The number of likely N-dealkylation sites (N-methyl/N-ethyl adjacent to an activating group) is 1. The van der Waals surface area contributed by atoms with Crippen molar-refractivity contribution in [2.75, 3.05) is 47.5 Å². The van der Waals surface area contributed by atoms with E-state index in [0.29, 0.717) is 23.9 Å². The van der Waals surface area contributed by atoms with Gasteiger partial charge in [0.15, 0.2) is 6.10 Å². The lowest BCUT2D eigenvalue weighted by molar-refractivity contribution is -0.870. The molecule has 0 spiro atoms. The number of esters is 2. The van der Waals surface area contributed by atoms with E-state index in [4.69, 9.17) is 18.5 Å². The zero-order valence-corrected chi connectivity index (χ0v) is 40.0. The van der Waals surface area contributed by atoms with Gasteiger partial charge in [-0.2, -0.15) is 0 Å². The molecular formula is C50H90NO8P. The number of carbonyl (C=O) groups is 2. The molecule has 0 aromatic rings. The zero-order valence-electron chi connectivity index (χ0n) is 39.1. The molecule has 9 nitrogen and oxygen atoms in total. The summed E-state index contributed by atoms with van der Waals surface area (Å²) in [6.07, 6.45) is 51.0. The number of unbranched alkanes of at least 4 members (excludes halogenated alkanes) is 19. The lowest BCUT2D eigenvalue weighted by atomic mass is 10.1. The van der Waals surface area contributed by atoms with Crippen LogP contribution in [0.3, 0.4) is 0 Å². The van der Waals surface area contributed by atoms with Crippen molar-refractivity contribution in [3.8, 4) is 0 Å². The van der Waals surface area contributed by atoms with Crippen LogP contribution in [0.25, 0.3) is 0 Å². The second-order valence-corrected chi connectivity index (χ2v) is 18.5. The number of quaternary nitrogens is 1.